The topological polar surface area (TPSA) is 33.5 Å². The zero-order chi connectivity index (χ0) is 8.89. The van der Waals surface area contributed by atoms with Gasteiger partial charge in [0.2, 0.25) is 5.91 Å². The van der Waals surface area contributed by atoms with Gasteiger partial charge >= 0.3 is 0 Å². The zero-order valence-electron chi connectivity index (χ0n) is 7.64. The summed E-state index contributed by atoms with van der Waals surface area (Å²) >= 11 is 1.86. The van der Waals surface area contributed by atoms with Crippen LogP contribution < -0.4 is 10.2 Å². The number of hydrogen-bond donors (Lipinski definition) is 2. The van der Waals surface area contributed by atoms with E-state index in [1.807, 2.05) is 11.8 Å². The molecule has 0 aromatic rings. The Morgan fingerprint density at radius 2 is 2.23 bits per heavy atom. The van der Waals surface area contributed by atoms with E-state index in [0.29, 0.717) is 5.75 Å². The molecule has 2 bridgehead atoms. The fourth-order valence-corrected chi connectivity index (χ4v) is 4.43. The van der Waals surface area contributed by atoms with Crippen molar-refractivity contribution in [2.45, 2.75) is 17.7 Å². The van der Waals surface area contributed by atoms with Gasteiger partial charge in [0.15, 0.2) is 0 Å². The molecule has 13 heavy (non-hydrogen) atoms. The van der Waals surface area contributed by atoms with Crippen molar-refractivity contribution in [3.63, 3.8) is 0 Å². The molecule has 0 aromatic heterocycles. The Labute approximate surface area is 82.2 Å². The summed E-state index contributed by atoms with van der Waals surface area (Å²) in [6.45, 7) is 3.81. The Bertz CT molecular complexity index is 250. The van der Waals surface area contributed by atoms with Crippen molar-refractivity contribution in [1.29, 1.82) is 0 Å². The van der Waals surface area contributed by atoms with Crippen LogP contribution in [0, 0.1) is 5.92 Å². The molecule has 4 heterocycles. The third-order valence-electron chi connectivity index (χ3n) is 3.68. The van der Waals surface area contributed by atoms with Crippen molar-refractivity contribution in [2.75, 3.05) is 25.4 Å². The summed E-state index contributed by atoms with van der Waals surface area (Å²) in [5.74, 6) is 1.68. The average molecular weight is 199 g/mol. The van der Waals surface area contributed by atoms with Gasteiger partial charge in [-0.3, -0.25) is 4.79 Å². The summed E-state index contributed by atoms with van der Waals surface area (Å²) in [5.41, 5.74) is 0. The van der Waals surface area contributed by atoms with Gasteiger partial charge in [0.05, 0.1) is 18.8 Å². The number of rotatable bonds is 0. The van der Waals surface area contributed by atoms with Crippen LogP contribution in [0.3, 0.4) is 0 Å². The number of piperidine rings is 3. The van der Waals surface area contributed by atoms with Crippen LogP contribution in [0.1, 0.15) is 12.8 Å². The van der Waals surface area contributed by atoms with E-state index in [1.54, 1.807) is 4.90 Å². The minimum absolute atomic E-state index is 0.142. The van der Waals surface area contributed by atoms with Crippen molar-refractivity contribution in [1.82, 2.24) is 5.32 Å². The first-order chi connectivity index (χ1) is 6.28. The quantitative estimate of drug-likeness (QED) is 0.517. The standard InChI is InChI=1S/C9H14N2OS/c12-8-5-13-9(10-8)6-11-3-1-7(9)2-4-11/h7H,1-6H2,(H,10,12)/p+1/t9-/m0/s1. The van der Waals surface area contributed by atoms with Gasteiger partial charge in [-0.05, 0) is 0 Å². The third kappa shape index (κ3) is 1.12. The molecular weight excluding hydrogens is 184 g/mol. The van der Waals surface area contributed by atoms with Crippen LogP contribution in [-0.2, 0) is 4.79 Å². The largest absolute Gasteiger partial charge is 0.336 e. The van der Waals surface area contributed by atoms with E-state index in [2.05, 4.69) is 5.32 Å². The SMILES string of the molecule is O=C1CS[C@]2(C[NH+]3CCC2CC3)N1. The molecule has 0 aliphatic carbocycles. The molecule has 0 unspecified atom stereocenters. The monoisotopic (exact) mass is 199 g/mol. The summed E-state index contributed by atoms with van der Waals surface area (Å²) < 4.78 is 0. The van der Waals surface area contributed by atoms with Crippen molar-refractivity contribution in [3.8, 4) is 0 Å². The molecule has 4 aliphatic heterocycles. The van der Waals surface area contributed by atoms with Gasteiger partial charge in [-0.25, -0.2) is 0 Å². The summed E-state index contributed by atoms with van der Waals surface area (Å²) in [7, 11) is 0. The normalized spacial score (nSPS) is 48.5. The van der Waals surface area contributed by atoms with Gasteiger partial charge in [-0.15, -0.1) is 11.8 Å². The molecule has 4 saturated heterocycles. The fraction of sp³-hybridized carbons (Fsp3) is 0.889. The van der Waals surface area contributed by atoms with E-state index in [0.717, 1.165) is 12.5 Å². The molecule has 4 heteroatoms. The Morgan fingerprint density at radius 1 is 1.46 bits per heavy atom. The molecule has 0 radical (unpaired) electrons. The van der Waals surface area contributed by atoms with Gasteiger partial charge < -0.3 is 10.2 Å². The van der Waals surface area contributed by atoms with Crippen molar-refractivity contribution in [2.24, 2.45) is 5.92 Å². The smallest absolute Gasteiger partial charge is 0.231 e. The Morgan fingerprint density at radius 3 is 2.69 bits per heavy atom. The van der Waals surface area contributed by atoms with E-state index in [9.17, 15) is 4.79 Å². The first-order valence-corrected chi connectivity index (χ1v) is 6.06. The lowest BCUT2D eigenvalue weighted by Crippen LogP contribution is -3.18. The predicted octanol–water partition coefficient (Wildman–Crippen LogP) is -1.15. The highest BCUT2D eigenvalue weighted by Gasteiger charge is 2.53. The summed E-state index contributed by atoms with van der Waals surface area (Å²) in [6.07, 6.45) is 2.62. The molecule has 4 aliphatic rings. The van der Waals surface area contributed by atoms with E-state index in [4.69, 9.17) is 0 Å². The van der Waals surface area contributed by atoms with Gasteiger partial charge in [-0.2, -0.15) is 0 Å². The van der Waals surface area contributed by atoms with Crippen molar-refractivity contribution >= 4 is 17.7 Å². The Balaban J connectivity index is 1.87. The maximum atomic E-state index is 11.3. The predicted molar refractivity (Wildman–Crippen MR) is 51.6 cm³/mol. The number of carbonyl (C=O) groups is 1. The third-order valence-corrected chi connectivity index (χ3v) is 5.18. The lowest BCUT2D eigenvalue weighted by Gasteiger charge is -2.47. The fourth-order valence-electron chi connectivity index (χ4n) is 3.00. The first kappa shape index (κ1) is 8.12. The first-order valence-electron chi connectivity index (χ1n) is 5.07. The number of hydrogen-bond acceptors (Lipinski definition) is 2. The number of nitrogens with one attached hydrogen (secondary N) is 2. The highest BCUT2D eigenvalue weighted by atomic mass is 32.2. The minimum atomic E-state index is 0.142. The van der Waals surface area contributed by atoms with Crippen molar-refractivity contribution in [3.05, 3.63) is 0 Å². The van der Waals surface area contributed by atoms with Gasteiger partial charge in [-0.1, -0.05) is 0 Å². The van der Waals surface area contributed by atoms with Crippen molar-refractivity contribution < 1.29 is 9.69 Å². The average Bonchev–Trinajstić information content (AvgIpc) is 2.49. The maximum absolute atomic E-state index is 11.3. The number of quaternary nitrogens is 1. The van der Waals surface area contributed by atoms with E-state index in [-0.39, 0.29) is 10.8 Å². The van der Waals surface area contributed by atoms with Crippen LogP contribution in [0.15, 0.2) is 0 Å². The summed E-state index contributed by atoms with van der Waals surface area (Å²) in [4.78, 5) is 13.1. The molecule has 0 saturated carbocycles. The van der Waals surface area contributed by atoms with Gasteiger partial charge in [0.1, 0.15) is 11.4 Å². The van der Waals surface area contributed by atoms with Crippen LogP contribution in [0.4, 0.5) is 0 Å². The lowest BCUT2D eigenvalue weighted by molar-refractivity contribution is -0.919. The molecular formula is C9H15N2OS+. The molecule has 1 spiro atoms. The number of carbonyl (C=O) groups excluding carboxylic acids is 1. The van der Waals surface area contributed by atoms with Crippen LogP contribution in [-0.4, -0.2) is 36.2 Å². The van der Waals surface area contributed by atoms with Crippen LogP contribution in [0.2, 0.25) is 0 Å². The Kier molecular flexibility index (Phi) is 1.65. The Hall–Kier alpha value is -0.220. The maximum Gasteiger partial charge on any atom is 0.231 e. The van der Waals surface area contributed by atoms with Crippen LogP contribution in [0.5, 0.6) is 0 Å². The highest BCUT2D eigenvalue weighted by Crippen LogP contribution is 2.40. The second-order valence-electron chi connectivity index (χ2n) is 4.43. The number of fused-ring (bicyclic) bond motifs is 2. The molecule has 1 atom stereocenters. The van der Waals surface area contributed by atoms with Crippen LogP contribution in [0.25, 0.3) is 0 Å². The van der Waals surface area contributed by atoms with E-state index < -0.39 is 0 Å². The van der Waals surface area contributed by atoms with Gasteiger partial charge in [0.25, 0.3) is 0 Å². The second kappa shape index (κ2) is 2.64. The number of amides is 1. The summed E-state index contributed by atoms with van der Waals surface area (Å²) in [6, 6.07) is 0. The molecule has 1 amide bonds. The molecule has 0 aromatic carbocycles. The molecule has 4 rings (SSSR count). The molecule has 3 nitrogen and oxygen atoms in total. The zero-order valence-corrected chi connectivity index (χ0v) is 8.45. The number of thioether (sulfide) groups is 1. The lowest BCUT2D eigenvalue weighted by atomic mass is 9.83. The molecule has 2 N–H and O–H groups in total. The van der Waals surface area contributed by atoms with Gasteiger partial charge in [0, 0.05) is 18.8 Å². The highest BCUT2D eigenvalue weighted by molar-refractivity contribution is 8.01. The second-order valence-corrected chi connectivity index (χ2v) is 5.73. The van der Waals surface area contributed by atoms with Crippen LogP contribution >= 0.6 is 11.8 Å². The minimum Gasteiger partial charge on any atom is -0.336 e. The molecule has 4 fully saturated rings. The molecule has 72 valence electrons. The summed E-state index contributed by atoms with van der Waals surface area (Å²) in [5, 5.41) is 3.20. The van der Waals surface area contributed by atoms with E-state index >= 15 is 0 Å². The van der Waals surface area contributed by atoms with E-state index in [1.165, 1.54) is 25.9 Å².